The minimum atomic E-state index is -0.265. The van der Waals surface area contributed by atoms with Gasteiger partial charge in [0.25, 0.3) is 5.91 Å². The molecule has 1 N–H and O–H groups in total. The molecule has 0 aliphatic heterocycles. The first-order valence-corrected chi connectivity index (χ1v) is 9.25. The lowest BCUT2D eigenvalue weighted by atomic mass is 10.1. The van der Waals surface area contributed by atoms with Crippen LogP contribution in [0.15, 0.2) is 59.0 Å². The van der Waals surface area contributed by atoms with Crippen molar-refractivity contribution in [1.82, 2.24) is 0 Å². The number of anilines is 1. The molecule has 0 saturated heterocycles. The fourth-order valence-electron chi connectivity index (χ4n) is 2.84. The van der Waals surface area contributed by atoms with Crippen LogP contribution in [0.3, 0.4) is 0 Å². The van der Waals surface area contributed by atoms with Gasteiger partial charge in [0.1, 0.15) is 18.1 Å². The maximum Gasteiger partial charge on any atom is 0.291 e. The van der Waals surface area contributed by atoms with Gasteiger partial charge in [-0.25, -0.2) is 0 Å². The second-order valence-electron chi connectivity index (χ2n) is 6.65. The average molecular weight is 363 g/mol. The molecule has 0 saturated carbocycles. The third-order valence-electron chi connectivity index (χ3n) is 4.58. The number of ether oxygens (including phenoxy) is 1. The fraction of sp³-hybridized carbons (Fsp3) is 0.261. The Kier molecular flexibility index (Phi) is 5.97. The third-order valence-corrected chi connectivity index (χ3v) is 4.58. The largest absolute Gasteiger partial charge is 0.486 e. The van der Waals surface area contributed by atoms with Crippen LogP contribution in [0.1, 0.15) is 46.3 Å². The van der Waals surface area contributed by atoms with Gasteiger partial charge in [0.05, 0.1) is 0 Å². The third kappa shape index (κ3) is 4.79. The molecular weight excluding hydrogens is 338 g/mol. The zero-order valence-corrected chi connectivity index (χ0v) is 16.0. The molecule has 0 aliphatic carbocycles. The second kappa shape index (κ2) is 8.58. The lowest BCUT2D eigenvalue weighted by Gasteiger charge is -2.09. The molecule has 0 radical (unpaired) electrons. The molecule has 2 aromatic carbocycles. The molecule has 1 heterocycles. The smallest absolute Gasteiger partial charge is 0.291 e. The van der Waals surface area contributed by atoms with Gasteiger partial charge in [-0.15, -0.1) is 0 Å². The van der Waals surface area contributed by atoms with Crippen molar-refractivity contribution in [3.05, 3.63) is 82.8 Å². The van der Waals surface area contributed by atoms with Gasteiger partial charge in [-0.1, -0.05) is 37.6 Å². The van der Waals surface area contributed by atoms with Crippen LogP contribution in [-0.2, 0) is 13.0 Å². The Morgan fingerprint density at radius 3 is 2.56 bits per heavy atom. The normalized spacial score (nSPS) is 10.6. The van der Waals surface area contributed by atoms with Crippen LogP contribution in [0, 0.1) is 13.8 Å². The van der Waals surface area contributed by atoms with Gasteiger partial charge in [0, 0.05) is 5.69 Å². The number of aryl methyl sites for hydroxylation is 2. The van der Waals surface area contributed by atoms with Gasteiger partial charge >= 0.3 is 0 Å². The summed E-state index contributed by atoms with van der Waals surface area (Å²) < 4.78 is 11.4. The van der Waals surface area contributed by atoms with Crippen LogP contribution in [0.25, 0.3) is 0 Å². The number of carbonyl (C=O) groups is 1. The van der Waals surface area contributed by atoms with Gasteiger partial charge in [0.15, 0.2) is 5.76 Å². The summed E-state index contributed by atoms with van der Waals surface area (Å²) in [5.41, 5.74) is 4.27. The molecule has 3 rings (SSSR count). The average Bonchev–Trinajstić information content (AvgIpc) is 3.14. The fourth-order valence-corrected chi connectivity index (χ4v) is 2.84. The zero-order valence-electron chi connectivity index (χ0n) is 16.0. The Labute approximate surface area is 160 Å². The molecule has 140 valence electrons. The molecule has 27 heavy (non-hydrogen) atoms. The molecule has 3 aromatic rings. The maximum absolute atomic E-state index is 12.4. The molecule has 0 spiro atoms. The van der Waals surface area contributed by atoms with Crippen molar-refractivity contribution in [2.24, 2.45) is 0 Å². The van der Waals surface area contributed by atoms with Crippen molar-refractivity contribution in [2.75, 3.05) is 5.32 Å². The number of rotatable bonds is 7. The van der Waals surface area contributed by atoms with E-state index in [9.17, 15) is 4.79 Å². The summed E-state index contributed by atoms with van der Waals surface area (Å²) in [6, 6.07) is 17.3. The van der Waals surface area contributed by atoms with E-state index in [2.05, 4.69) is 24.4 Å². The monoisotopic (exact) mass is 363 g/mol. The molecule has 1 amide bonds. The molecule has 0 aliphatic rings. The van der Waals surface area contributed by atoms with E-state index in [0.29, 0.717) is 5.76 Å². The SMILES string of the molecule is CCCc1ccc(OCc2ccc(C(=O)Nc3cccc(C)c3C)o2)cc1. The number of amides is 1. The Hall–Kier alpha value is -3.01. The first-order chi connectivity index (χ1) is 13.1. The highest BCUT2D eigenvalue weighted by molar-refractivity contribution is 6.02. The molecule has 4 nitrogen and oxygen atoms in total. The Balaban J connectivity index is 1.59. The first kappa shape index (κ1) is 18.8. The minimum absolute atomic E-state index is 0.265. The standard InChI is InChI=1S/C23H25NO3/c1-4-6-18-9-11-19(12-10-18)26-15-20-13-14-22(27-20)23(25)24-21-8-5-7-16(2)17(21)3/h5,7-14H,4,6,15H2,1-3H3,(H,24,25). The van der Waals surface area contributed by atoms with Crippen molar-refractivity contribution in [3.63, 3.8) is 0 Å². The van der Waals surface area contributed by atoms with Gasteiger partial charge < -0.3 is 14.5 Å². The molecule has 0 atom stereocenters. The van der Waals surface area contributed by atoms with E-state index in [1.807, 2.05) is 44.2 Å². The van der Waals surface area contributed by atoms with Crippen molar-refractivity contribution in [3.8, 4) is 5.75 Å². The molecular formula is C23H25NO3. The van der Waals surface area contributed by atoms with E-state index in [1.165, 1.54) is 5.56 Å². The summed E-state index contributed by atoms with van der Waals surface area (Å²) in [6.07, 6.45) is 2.19. The molecule has 4 heteroatoms. The van der Waals surface area contributed by atoms with Crippen molar-refractivity contribution >= 4 is 11.6 Å². The van der Waals surface area contributed by atoms with Crippen molar-refractivity contribution in [1.29, 1.82) is 0 Å². The van der Waals surface area contributed by atoms with E-state index in [4.69, 9.17) is 9.15 Å². The van der Waals surface area contributed by atoms with Crippen LogP contribution in [0.4, 0.5) is 5.69 Å². The summed E-state index contributed by atoms with van der Waals surface area (Å²) in [6.45, 7) is 6.44. The molecule has 0 unspecified atom stereocenters. The lowest BCUT2D eigenvalue weighted by Crippen LogP contribution is -2.12. The van der Waals surface area contributed by atoms with E-state index in [-0.39, 0.29) is 18.3 Å². The number of benzene rings is 2. The number of hydrogen-bond donors (Lipinski definition) is 1. The number of carbonyl (C=O) groups excluding carboxylic acids is 1. The zero-order chi connectivity index (χ0) is 19.2. The van der Waals surface area contributed by atoms with Gasteiger partial charge in [0.2, 0.25) is 0 Å². The highest BCUT2D eigenvalue weighted by Gasteiger charge is 2.13. The topological polar surface area (TPSA) is 51.5 Å². The number of nitrogens with one attached hydrogen (secondary N) is 1. The number of hydrogen-bond acceptors (Lipinski definition) is 3. The van der Waals surface area contributed by atoms with Gasteiger partial charge in [-0.3, -0.25) is 4.79 Å². The van der Waals surface area contributed by atoms with Crippen LogP contribution >= 0.6 is 0 Å². The highest BCUT2D eigenvalue weighted by atomic mass is 16.5. The molecule has 0 fully saturated rings. The second-order valence-corrected chi connectivity index (χ2v) is 6.65. The predicted octanol–water partition coefficient (Wildman–Crippen LogP) is 5.68. The van der Waals surface area contributed by atoms with Crippen LogP contribution in [-0.4, -0.2) is 5.91 Å². The Bertz CT molecular complexity index is 910. The highest BCUT2D eigenvalue weighted by Crippen LogP contribution is 2.20. The maximum atomic E-state index is 12.4. The van der Waals surface area contributed by atoms with E-state index in [0.717, 1.165) is 35.4 Å². The summed E-state index contributed by atoms with van der Waals surface area (Å²) in [5.74, 6) is 1.40. The van der Waals surface area contributed by atoms with Crippen LogP contribution < -0.4 is 10.1 Å². The van der Waals surface area contributed by atoms with E-state index < -0.39 is 0 Å². The molecule has 1 aromatic heterocycles. The van der Waals surface area contributed by atoms with E-state index >= 15 is 0 Å². The molecule has 0 bridgehead atoms. The summed E-state index contributed by atoms with van der Waals surface area (Å²) in [4.78, 5) is 12.4. The number of furan rings is 1. The lowest BCUT2D eigenvalue weighted by molar-refractivity contribution is 0.0992. The Morgan fingerprint density at radius 2 is 1.81 bits per heavy atom. The van der Waals surface area contributed by atoms with Gasteiger partial charge in [-0.05, 0) is 67.3 Å². The van der Waals surface area contributed by atoms with Crippen LogP contribution in [0.2, 0.25) is 0 Å². The van der Waals surface area contributed by atoms with E-state index in [1.54, 1.807) is 12.1 Å². The minimum Gasteiger partial charge on any atom is -0.486 e. The predicted molar refractivity (Wildman–Crippen MR) is 107 cm³/mol. The van der Waals surface area contributed by atoms with Crippen molar-refractivity contribution < 1.29 is 13.9 Å². The quantitative estimate of drug-likeness (QED) is 0.587. The van der Waals surface area contributed by atoms with Gasteiger partial charge in [-0.2, -0.15) is 0 Å². The summed E-state index contributed by atoms with van der Waals surface area (Å²) in [7, 11) is 0. The van der Waals surface area contributed by atoms with Crippen LogP contribution in [0.5, 0.6) is 5.75 Å². The summed E-state index contributed by atoms with van der Waals surface area (Å²) in [5, 5.41) is 2.90. The summed E-state index contributed by atoms with van der Waals surface area (Å²) >= 11 is 0. The van der Waals surface area contributed by atoms with Crippen molar-refractivity contribution in [2.45, 2.75) is 40.2 Å². The first-order valence-electron chi connectivity index (χ1n) is 9.25. The Morgan fingerprint density at radius 1 is 1.04 bits per heavy atom.